The van der Waals surface area contributed by atoms with Crippen LogP contribution < -0.4 is 31.8 Å². The molecule has 1 N–H and O–H groups in total. The first-order valence-electron chi connectivity index (χ1n) is 42.8. The number of hydrogen-bond acceptors (Lipinski definition) is 21. The van der Waals surface area contributed by atoms with Crippen molar-refractivity contribution in [1.82, 2.24) is 83.2 Å². The van der Waals surface area contributed by atoms with Crippen molar-refractivity contribution >= 4 is 109 Å². The van der Waals surface area contributed by atoms with E-state index in [1.807, 2.05) is 151 Å². The maximum Gasteiger partial charge on any atom is 0.356 e. The lowest BCUT2D eigenvalue weighted by atomic mass is 10.0. The third-order valence-corrected chi connectivity index (χ3v) is 24.5. The third-order valence-electron chi connectivity index (χ3n) is 23.7. The number of hydrogen-bond donors (Lipinski definition) is 1. The van der Waals surface area contributed by atoms with Crippen LogP contribution in [0.4, 0.5) is 26.2 Å². The minimum Gasteiger partial charge on any atom is -0.508 e. The smallest absolute Gasteiger partial charge is 0.356 e. The predicted molar refractivity (Wildman–Crippen MR) is 507 cm³/mol. The number of nitrogens with zero attached hydrogens (tertiary/aromatic N) is 20. The van der Waals surface area contributed by atoms with Gasteiger partial charge in [-0.2, -0.15) is 15.0 Å². The third kappa shape index (κ3) is 18.3. The number of aromatic hydroxyl groups is 1. The monoisotopic (exact) mass is 1800 g/mol. The van der Waals surface area contributed by atoms with Gasteiger partial charge in [0.1, 0.15) is 41.0 Å². The summed E-state index contributed by atoms with van der Waals surface area (Å²) >= 11 is 20.5. The molecule has 0 radical (unpaired) electrons. The summed E-state index contributed by atoms with van der Waals surface area (Å²) in [7, 11) is 0. The molecule has 129 heavy (non-hydrogen) atoms. The van der Waals surface area contributed by atoms with Crippen LogP contribution in [0.1, 0.15) is 173 Å². The van der Waals surface area contributed by atoms with Crippen LogP contribution in [0.15, 0.2) is 162 Å². The zero-order valence-corrected chi connectivity index (χ0v) is 77.9. The number of piperazine rings is 3. The van der Waals surface area contributed by atoms with Gasteiger partial charge in [0.15, 0.2) is 33.4 Å². The lowest BCUT2D eigenvalue weighted by molar-refractivity contribution is -0.129. The Morgan fingerprint density at radius 1 is 0.442 bits per heavy atom. The van der Waals surface area contributed by atoms with E-state index in [1.165, 1.54) is 50.4 Å². The summed E-state index contributed by atoms with van der Waals surface area (Å²) in [6, 6.07) is 23.5. The van der Waals surface area contributed by atoms with Gasteiger partial charge < -0.3 is 34.5 Å². The van der Waals surface area contributed by atoms with Gasteiger partial charge in [-0.25, -0.2) is 66.8 Å². The molecule has 15 rings (SSSR count). The zero-order chi connectivity index (χ0) is 93.6. The molecule has 670 valence electrons. The Morgan fingerprint density at radius 3 is 1.28 bits per heavy atom. The Morgan fingerprint density at radius 2 is 0.837 bits per heavy atom. The SMILES string of the molecule is C=CC(=O)N1CC(C)N(c2nc(=O)n(-c3c(C(C)C)ncnc3C(C)C)c3nc(-c4cc(O)ccc4C)c(Cl)cc23)CC1C.C=CC(=O)N1CC(C)N(c2nc(=O)n(-c3c(C)cc(C(=C)C)nc3C(C)C)c3nc(-c4ccccc4F)c(Cl)cc23)CC1C.C=CC(=O)N1CC(C)N(c2nc(=O)n(-c3c(C)ccnc3C(C)C)c3nc(-c4ccccc4F)c(Cl)nc23)CC1C. The highest BCUT2D eigenvalue weighted by molar-refractivity contribution is 6.34. The second-order valence-electron chi connectivity index (χ2n) is 34.5. The first kappa shape index (κ1) is 93.8. The Bertz CT molecular complexity index is 6690. The summed E-state index contributed by atoms with van der Waals surface area (Å²) in [5.74, 6) is -0.370. The molecule has 3 amide bonds. The van der Waals surface area contributed by atoms with E-state index in [0.29, 0.717) is 129 Å². The van der Waals surface area contributed by atoms with Crippen molar-refractivity contribution in [2.24, 2.45) is 0 Å². The average Bonchev–Trinajstić information content (AvgIpc) is 0.739. The van der Waals surface area contributed by atoms with Gasteiger partial charge >= 0.3 is 17.1 Å². The van der Waals surface area contributed by atoms with Crippen molar-refractivity contribution in [3.05, 3.63) is 252 Å². The van der Waals surface area contributed by atoms with Gasteiger partial charge in [-0.05, 0) is 194 Å². The lowest BCUT2D eigenvalue weighted by Crippen LogP contribution is -2.58. The summed E-state index contributed by atoms with van der Waals surface area (Å²) in [6.07, 6.45) is 7.16. The van der Waals surface area contributed by atoms with Crippen molar-refractivity contribution in [3.63, 3.8) is 0 Å². The number of phenolic OH excluding ortho intramolecular Hbond substituents is 1. The summed E-state index contributed by atoms with van der Waals surface area (Å²) < 4.78 is 34.4. The van der Waals surface area contributed by atoms with E-state index < -0.39 is 28.7 Å². The summed E-state index contributed by atoms with van der Waals surface area (Å²) in [6.45, 7) is 52.8. The van der Waals surface area contributed by atoms with Crippen LogP contribution in [0.25, 0.3) is 89.6 Å². The Balaban J connectivity index is 0.000000165. The highest BCUT2D eigenvalue weighted by atomic mass is 35.5. The molecule has 9 aromatic heterocycles. The maximum atomic E-state index is 15.1. The number of halogens is 5. The van der Waals surface area contributed by atoms with E-state index in [2.05, 4.69) is 61.2 Å². The quantitative estimate of drug-likeness (QED) is 0.0828. The molecule has 12 aromatic rings. The molecule has 32 heteroatoms. The van der Waals surface area contributed by atoms with E-state index in [0.717, 1.165) is 28.0 Å². The standard InChI is InChI=1S/C34H36ClFN6O2.C33H38ClN7O3.C30H31ClFN7O2/c1-9-28(43)40-16-22(8)41(17-21(40)7)32-24-15-25(35)30(23-12-10-11-13-26(23)36)38-33(24)42(34(44)39-32)31-20(6)14-27(18(2)3)37-29(31)19(4)5;1-9-26(43)39-14-21(8)40(15-20(39)7)31-24-13-25(34)29(23-12-22(42)11-10-19(23)6)37-32(24)41(33(44)38-31)30-27(17(2)3)35-16-36-28(30)18(4)5;1-7-22(40)37-14-19(6)38(15-18(37)5)28-25-29(35-24(27(31)34-25)20-10-8-9-11-21(20)32)39(30(41)36-28)26-17(4)12-13-33-23(26)16(2)3/h9-15,19,21-22H,1-2,16-17H2,3-8H3;9-13,16-18,20-21,42H,1,14-15H2,2-8H3;7-13,16,18-19H,1,14-15H2,2-6H3. The number of pyridine rings is 4. The number of rotatable bonds is 17. The Kier molecular flexibility index (Phi) is 27.8. The molecule has 0 saturated carbocycles. The van der Waals surface area contributed by atoms with E-state index in [-0.39, 0.29) is 133 Å². The average molecular weight is 1810 g/mol. The summed E-state index contributed by atoms with van der Waals surface area (Å²) in [4.78, 5) is 143. The van der Waals surface area contributed by atoms with Crippen LogP contribution in [0.2, 0.25) is 15.2 Å². The molecule has 3 aliphatic rings. The molecule has 3 aliphatic heterocycles. The van der Waals surface area contributed by atoms with E-state index >= 15 is 4.39 Å². The summed E-state index contributed by atoms with van der Waals surface area (Å²) in [5, 5.41) is 12.0. The largest absolute Gasteiger partial charge is 0.508 e. The molecule has 12 heterocycles. The van der Waals surface area contributed by atoms with Gasteiger partial charge in [-0.1, -0.05) is 147 Å². The molecular formula is C97H105Cl3F2N20O7. The van der Waals surface area contributed by atoms with Gasteiger partial charge in [0.25, 0.3) is 0 Å². The molecule has 3 fully saturated rings. The van der Waals surface area contributed by atoms with E-state index in [9.17, 15) is 38.3 Å². The first-order valence-corrected chi connectivity index (χ1v) is 44.0. The molecule has 0 spiro atoms. The van der Waals surface area contributed by atoms with Gasteiger partial charge in [0.2, 0.25) is 17.7 Å². The van der Waals surface area contributed by atoms with Gasteiger partial charge in [0, 0.05) is 98.4 Å². The predicted octanol–water partition coefficient (Wildman–Crippen LogP) is 17.5. The Hall–Kier alpha value is -12.9. The number of phenols is 1. The second-order valence-corrected chi connectivity index (χ2v) is 35.7. The van der Waals surface area contributed by atoms with Crippen LogP contribution in [0.3, 0.4) is 0 Å². The number of carbonyl (C=O) groups is 3. The maximum absolute atomic E-state index is 15.1. The first-order chi connectivity index (χ1) is 61.2. The molecular weight excluding hydrogens is 1700 g/mol. The molecule has 27 nitrogen and oxygen atoms in total. The molecule has 3 saturated heterocycles. The van der Waals surface area contributed by atoms with Crippen LogP contribution in [-0.2, 0) is 14.4 Å². The number of carbonyl (C=O) groups excluding carboxylic acids is 3. The molecule has 6 atom stereocenters. The van der Waals surface area contributed by atoms with Crippen molar-refractivity contribution in [2.45, 2.75) is 185 Å². The van der Waals surface area contributed by atoms with Crippen molar-refractivity contribution in [3.8, 4) is 56.6 Å². The van der Waals surface area contributed by atoms with Crippen molar-refractivity contribution in [1.29, 1.82) is 0 Å². The fourth-order valence-electron chi connectivity index (χ4n) is 17.1. The number of aromatic nitrogens is 14. The van der Waals surface area contributed by atoms with Gasteiger partial charge in [-0.15, -0.1) is 0 Å². The second kappa shape index (κ2) is 38.2. The topological polar surface area (TPSA) is 299 Å². The number of allylic oxidation sites excluding steroid dienone is 1. The normalized spacial score (nSPS) is 17.1. The van der Waals surface area contributed by atoms with Crippen LogP contribution in [0, 0.1) is 32.4 Å². The van der Waals surface area contributed by atoms with E-state index in [4.69, 9.17) is 54.7 Å². The lowest BCUT2D eigenvalue weighted by Gasteiger charge is -2.44. The molecule has 0 bridgehead atoms. The van der Waals surface area contributed by atoms with Crippen molar-refractivity contribution < 1.29 is 28.3 Å². The molecule has 0 aliphatic carbocycles. The minimum atomic E-state index is -0.578. The number of fused-ring (bicyclic) bond motifs is 3. The van der Waals surface area contributed by atoms with Crippen LogP contribution in [-0.4, -0.2) is 182 Å². The highest BCUT2D eigenvalue weighted by Crippen LogP contribution is 2.43. The fraction of sp³-hybridized carbons (Fsp3) is 0.351. The highest BCUT2D eigenvalue weighted by Gasteiger charge is 2.40. The number of benzene rings is 3. The van der Waals surface area contributed by atoms with Gasteiger partial charge in [0.05, 0.1) is 77.7 Å². The van der Waals surface area contributed by atoms with Crippen molar-refractivity contribution in [2.75, 3.05) is 54.0 Å². The van der Waals surface area contributed by atoms with E-state index in [1.54, 1.807) is 87.6 Å². The Labute approximate surface area is 762 Å². The molecule has 3 aromatic carbocycles. The van der Waals surface area contributed by atoms with Crippen LogP contribution in [0.5, 0.6) is 5.75 Å². The van der Waals surface area contributed by atoms with Crippen LogP contribution >= 0.6 is 34.8 Å². The molecule has 6 unspecified atom stereocenters. The summed E-state index contributed by atoms with van der Waals surface area (Å²) in [5.41, 5.74) is 9.64. The fourth-order valence-corrected chi connectivity index (χ4v) is 17.8. The zero-order valence-electron chi connectivity index (χ0n) is 75.6. The number of anilines is 3. The number of aryl methyl sites for hydroxylation is 3. The van der Waals surface area contributed by atoms with Gasteiger partial charge in [-0.3, -0.25) is 24.4 Å². The minimum absolute atomic E-state index is 0.0193. The number of amides is 3.